The van der Waals surface area contributed by atoms with Gasteiger partial charge in [-0.25, -0.2) is 0 Å². The van der Waals surface area contributed by atoms with Gasteiger partial charge in [0.15, 0.2) is 0 Å². The van der Waals surface area contributed by atoms with Crippen molar-refractivity contribution in [3.05, 3.63) is 63.3 Å². The molecular weight excluding hydrogens is 828 g/mol. The molecule has 0 bridgehead atoms. The minimum absolute atomic E-state index is 0.00922. The van der Waals surface area contributed by atoms with Crippen molar-refractivity contribution in [3.63, 3.8) is 0 Å². The van der Waals surface area contributed by atoms with Gasteiger partial charge in [0.05, 0.1) is 51.6 Å². The van der Waals surface area contributed by atoms with Crippen LogP contribution in [0, 0.1) is 0 Å². The summed E-state index contributed by atoms with van der Waals surface area (Å²) in [5.41, 5.74) is 3.86. The monoisotopic (exact) mass is 894 g/mol. The van der Waals surface area contributed by atoms with E-state index in [9.17, 15) is 28.8 Å². The van der Waals surface area contributed by atoms with Gasteiger partial charge in [-0.1, -0.05) is 48.8 Å². The predicted molar refractivity (Wildman–Crippen MR) is 225 cm³/mol. The van der Waals surface area contributed by atoms with Crippen molar-refractivity contribution in [3.8, 4) is 0 Å². The lowest BCUT2D eigenvalue weighted by molar-refractivity contribution is -0.126. The average molecular weight is 896 g/mol. The van der Waals surface area contributed by atoms with E-state index in [-0.39, 0.29) is 36.3 Å². The molecule has 1 aliphatic heterocycles. The maximum Gasteiger partial charge on any atom is 0.246 e. The van der Waals surface area contributed by atoms with Crippen molar-refractivity contribution in [1.29, 1.82) is 0 Å². The molecule has 20 nitrogen and oxygen atoms in total. The van der Waals surface area contributed by atoms with Gasteiger partial charge < -0.3 is 72.4 Å². The van der Waals surface area contributed by atoms with Crippen LogP contribution < -0.4 is 37.6 Å². The molecule has 12 N–H and O–H groups in total. The maximum absolute atomic E-state index is 10.9. The molecule has 1 rings (SSSR count). The summed E-state index contributed by atoms with van der Waals surface area (Å²) in [6, 6.07) is 0. The van der Waals surface area contributed by atoms with Gasteiger partial charge in [0.1, 0.15) is 12.3 Å². The fourth-order valence-corrected chi connectivity index (χ4v) is 3.65. The van der Waals surface area contributed by atoms with Crippen molar-refractivity contribution in [2.45, 2.75) is 24.8 Å². The molecule has 0 saturated carbocycles. The van der Waals surface area contributed by atoms with Crippen LogP contribution in [0.1, 0.15) is 19.3 Å². The van der Waals surface area contributed by atoms with Crippen molar-refractivity contribution >= 4 is 51.4 Å². The Labute approximate surface area is 350 Å². The molecule has 0 aromatic rings. The molecule has 0 aromatic heterocycles. The van der Waals surface area contributed by atoms with Gasteiger partial charge in [-0.2, -0.15) is 0 Å². The van der Waals surface area contributed by atoms with Gasteiger partial charge in [0.2, 0.25) is 35.4 Å². The van der Waals surface area contributed by atoms with Gasteiger partial charge in [0.25, 0.3) is 0 Å². The molecule has 0 aromatic carbocycles. The van der Waals surface area contributed by atoms with Gasteiger partial charge in [-0.15, -0.1) is 0 Å². The highest BCUT2D eigenvalue weighted by Crippen LogP contribution is 2.01. The number of carbonyl (C=O) groups is 6. The number of hydrogen-bond donors (Lipinski definition) is 11. The Morgan fingerprint density at radius 2 is 1.12 bits per heavy atom. The van der Waals surface area contributed by atoms with Crippen molar-refractivity contribution in [2.75, 3.05) is 111 Å². The Kier molecular flexibility index (Phi) is 47.2. The van der Waals surface area contributed by atoms with Crippen LogP contribution in [0.15, 0.2) is 63.3 Å². The molecule has 0 radical (unpaired) electrons. The SMILES string of the molecule is C=CC(=O)N1CCNCC1.C=CC(=O)NC(CO)(CO)CO.C=CC(=O)NCCCCCNC(=O)CBr.C=CC(=O)NCCOCCOCCN.C=CC(=O)NCO. The largest absolute Gasteiger partial charge is 0.394 e. The van der Waals surface area contributed by atoms with Crippen molar-refractivity contribution < 1.29 is 58.7 Å². The van der Waals surface area contributed by atoms with E-state index in [0.29, 0.717) is 57.9 Å². The third kappa shape index (κ3) is 41.3. The Balaban J connectivity index is -0.000000320. The molecular formula is C37H67BrN8O12. The predicted octanol–water partition coefficient (Wildman–Crippen LogP) is -2.90. The summed E-state index contributed by atoms with van der Waals surface area (Å²) in [5.74, 6) is -1.18. The zero-order chi connectivity index (χ0) is 44.9. The summed E-state index contributed by atoms with van der Waals surface area (Å²) >= 11 is 3.06. The number of nitrogens with zero attached hydrogens (tertiary/aromatic N) is 1. The van der Waals surface area contributed by atoms with Crippen LogP contribution in [0.5, 0.6) is 0 Å². The summed E-state index contributed by atoms with van der Waals surface area (Å²) < 4.78 is 10.2. The number of aliphatic hydroxyl groups is 4. The van der Waals surface area contributed by atoms with E-state index in [1.165, 1.54) is 18.2 Å². The highest BCUT2D eigenvalue weighted by molar-refractivity contribution is 9.09. The van der Waals surface area contributed by atoms with Gasteiger partial charge >= 0.3 is 0 Å². The van der Waals surface area contributed by atoms with Gasteiger partial charge in [-0.3, -0.25) is 28.8 Å². The standard InChI is InChI=1S/C10H17BrN2O2.C9H18N2O3.C7H12N2O.C7H13NO4.C4H7NO2/c1-2-9(14)12-6-4-3-5-7-13-10(15)8-11;1-2-9(12)11-4-6-14-8-7-13-5-3-10;1-2-7(10)9-5-3-8-4-6-9;1-2-6(12)8-7(3-9,4-10)5-11;1-2-4(7)5-3-6/h2H,1,3-8H2,(H,12,14)(H,13,15);2H,1,3-8,10H2,(H,11,12);2,8H,1,3-6H2;2,9-11H,1,3-5H2,(H,8,12);2,6H,1,3H2,(H,5,7). The van der Waals surface area contributed by atoms with E-state index < -0.39 is 31.3 Å². The molecule has 58 heavy (non-hydrogen) atoms. The van der Waals surface area contributed by atoms with E-state index >= 15 is 0 Å². The first-order valence-corrected chi connectivity index (χ1v) is 19.3. The van der Waals surface area contributed by atoms with E-state index in [0.717, 1.165) is 57.6 Å². The van der Waals surface area contributed by atoms with E-state index in [1.54, 1.807) is 4.90 Å². The molecule has 1 fully saturated rings. The molecule has 0 unspecified atom stereocenters. The Morgan fingerprint density at radius 3 is 1.53 bits per heavy atom. The second kappa shape index (κ2) is 45.4. The fraction of sp³-hybridized carbons (Fsp3) is 0.568. The topological polar surface area (TPSA) is 303 Å². The highest BCUT2D eigenvalue weighted by Gasteiger charge is 2.28. The van der Waals surface area contributed by atoms with Crippen LogP contribution in [-0.2, 0) is 38.2 Å². The fourth-order valence-electron chi connectivity index (χ4n) is 3.45. The first-order valence-electron chi connectivity index (χ1n) is 18.2. The molecule has 334 valence electrons. The lowest BCUT2D eigenvalue weighted by Crippen LogP contribution is -2.56. The average Bonchev–Trinajstić information content (AvgIpc) is 3.26. The first-order chi connectivity index (χ1) is 27.8. The number of nitrogens with one attached hydrogen (secondary N) is 6. The van der Waals surface area contributed by atoms with Crippen LogP contribution in [0.25, 0.3) is 0 Å². The quantitative estimate of drug-likeness (QED) is 0.0190. The summed E-state index contributed by atoms with van der Waals surface area (Å²) in [7, 11) is 0. The number of hydrogen-bond acceptors (Lipinski definition) is 14. The molecule has 0 atom stereocenters. The number of carbonyl (C=O) groups excluding carboxylic acids is 6. The molecule has 1 saturated heterocycles. The van der Waals surface area contributed by atoms with Gasteiger partial charge in [0, 0.05) is 52.4 Å². The van der Waals surface area contributed by atoms with Crippen LogP contribution in [-0.4, -0.2) is 177 Å². The zero-order valence-corrected chi connectivity index (χ0v) is 35.1. The zero-order valence-electron chi connectivity index (χ0n) is 33.5. The third-order valence-corrected chi connectivity index (χ3v) is 7.18. The number of rotatable bonds is 25. The highest BCUT2D eigenvalue weighted by atomic mass is 79.9. The van der Waals surface area contributed by atoms with Gasteiger partial charge in [-0.05, 0) is 49.6 Å². The second-order valence-corrected chi connectivity index (χ2v) is 11.7. The lowest BCUT2D eigenvalue weighted by Gasteiger charge is -2.27. The Morgan fingerprint density at radius 1 is 0.655 bits per heavy atom. The van der Waals surface area contributed by atoms with Crippen molar-refractivity contribution in [2.24, 2.45) is 5.73 Å². The number of halogens is 1. The third-order valence-electron chi connectivity index (χ3n) is 6.67. The summed E-state index contributed by atoms with van der Waals surface area (Å²) in [5, 5.41) is 50.1. The number of nitrogens with two attached hydrogens (primary N) is 1. The molecule has 21 heteroatoms. The van der Waals surface area contributed by atoms with Crippen LogP contribution in [0.4, 0.5) is 0 Å². The van der Waals surface area contributed by atoms with Crippen molar-refractivity contribution in [1.82, 2.24) is 36.8 Å². The second-order valence-electron chi connectivity index (χ2n) is 11.2. The minimum atomic E-state index is -1.36. The molecule has 6 amide bonds. The molecule has 0 spiro atoms. The smallest absolute Gasteiger partial charge is 0.246 e. The lowest BCUT2D eigenvalue weighted by atomic mass is 10.0. The van der Waals surface area contributed by atoms with E-state index in [1.807, 2.05) is 0 Å². The van der Waals surface area contributed by atoms with Crippen LogP contribution in [0.2, 0.25) is 0 Å². The Hall–Kier alpha value is -4.32. The molecule has 1 aliphatic rings. The molecule has 1 heterocycles. The number of amides is 6. The normalized spacial score (nSPS) is 11.2. The number of ether oxygens (including phenoxy) is 2. The van der Waals surface area contributed by atoms with Crippen LogP contribution >= 0.6 is 15.9 Å². The number of unbranched alkanes of at least 4 members (excludes halogenated alkanes) is 2. The number of alkyl halides is 1. The first kappa shape index (κ1) is 60.4. The Bertz CT molecular complexity index is 1160. The molecule has 0 aliphatic carbocycles. The maximum atomic E-state index is 10.9. The van der Waals surface area contributed by atoms with Crippen LogP contribution in [0.3, 0.4) is 0 Å². The summed E-state index contributed by atoms with van der Waals surface area (Å²) in [4.78, 5) is 65.7. The number of aliphatic hydroxyl groups excluding tert-OH is 4. The van der Waals surface area contributed by atoms with E-state index in [4.69, 9.17) is 35.6 Å². The number of piperazine rings is 1. The van der Waals surface area contributed by atoms with E-state index in [2.05, 4.69) is 80.7 Å². The summed E-state index contributed by atoms with van der Waals surface area (Å²) in [6.45, 7) is 22.4. The summed E-state index contributed by atoms with van der Waals surface area (Å²) in [6.07, 6.45) is 8.78. The minimum Gasteiger partial charge on any atom is -0.394 e.